The number of hydrogen-bond donors (Lipinski definition) is 2. The normalized spacial score (nSPS) is 23.2. The molecule has 1 aliphatic heterocycles. The van der Waals surface area contributed by atoms with Crippen LogP contribution in [0, 0.1) is 6.92 Å². The maximum atomic E-state index is 12.6. The first-order chi connectivity index (χ1) is 12.2. The summed E-state index contributed by atoms with van der Waals surface area (Å²) in [6.07, 6.45) is 5.92. The van der Waals surface area contributed by atoms with E-state index in [1.807, 2.05) is 13.0 Å². The van der Waals surface area contributed by atoms with Gasteiger partial charge in [-0.05, 0) is 32.3 Å². The summed E-state index contributed by atoms with van der Waals surface area (Å²) < 4.78 is 10.9. The van der Waals surface area contributed by atoms with Gasteiger partial charge in [0.2, 0.25) is 5.76 Å². The van der Waals surface area contributed by atoms with Crippen molar-refractivity contribution in [3.63, 3.8) is 0 Å². The van der Waals surface area contributed by atoms with E-state index in [2.05, 4.69) is 25.6 Å². The molecular weight excluding hydrogens is 322 g/mol. The van der Waals surface area contributed by atoms with E-state index in [1.165, 1.54) is 6.39 Å². The molecule has 8 nitrogen and oxygen atoms in total. The molecule has 3 heterocycles. The minimum atomic E-state index is -0.211. The number of aryl methyl sites for hydroxylation is 1. The van der Waals surface area contributed by atoms with Gasteiger partial charge in [-0.15, -0.1) is 0 Å². The van der Waals surface area contributed by atoms with Crippen LogP contribution in [-0.4, -0.2) is 46.2 Å². The molecule has 2 N–H and O–H groups in total. The summed E-state index contributed by atoms with van der Waals surface area (Å²) >= 11 is 0. The minimum Gasteiger partial charge on any atom is -0.438 e. The molecule has 0 spiro atoms. The Hall–Kier alpha value is -2.48. The molecule has 2 aromatic heterocycles. The highest BCUT2D eigenvalue weighted by Gasteiger charge is 2.34. The van der Waals surface area contributed by atoms with E-state index in [4.69, 9.17) is 9.15 Å². The van der Waals surface area contributed by atoms with E-state index in [0.717, 1.165) is 30.8 Å². The zero-order valence-electron chi connectivity index (χ0n) is 14.1. The number of hydrogen-bond acceptors (Lipinski definition) is 7. The first-order valence-electron chi connectivity index (χ1n) is 8.59. The third-order valence-electron chi connectivity index (χ3n) is 4.55. The van der Waals surface area contributed by atoms with Crippen LogP contribution in [-0.2, 0) is 4.74 Å². The first kappa shape index (κ1) is 16.0. The van der Waals surface area contributed by atoms with Crippen molar-refractivity contribution >= 4 is 11.7 Å². The van der Waals surface area contributed by atoms with Gasteiger partial charge in [0.25, 0.3) is 5.91 Å². The summed E-state index contributed by atoms with van der Waals surface area (Å²) in [7, 11) is 0. The molecule has 0 aromatic carbocycles. The summed E-state index contributed by atoms with van der Waals surface area (Å²) in [5.41, 5.74) is 0.778. The lowest BCUT2D eigenvalue weighted by Gasteiger charge is -2.32. The lowest BCUT2D eigenvalue weighted by atomic mass is 10.0. The number of oxazole rings is 1. The molecule has 1 aliphatic carbocycles. The van der Waals surface area contributed by atoms with Crippen molar-refractivity contribution in [3.05, 3.63) is 35.9 Å². The van der Waals surface area contributed by atoms with E-state index in [1.54, 1.807) is 6.20 Å². The average Bonchev–Trinajstić information content (AvgIpc) is 3.33. The fourth-order valence-electron chi connectivity index (χ4n) is 3.09. The largest absolute Gasteiger partial charge is 0.438 e. The fourth-order valence-corrected chi connectivity index (χ4v) is 3.09. The second-order valence-electron chi connectivity index (χ2n) is 6.52. The highest BCUT2D eigenvalue weighted by molar-refractivity contribution is 5.93. The maximum absolute atomic E-state index is 12.6. The number of nitrogens with zero attached hydrogens (tertiary/aromatic N) is 3. The summed E-state index contributed by atoms with van der Waals surface area (Å²) in [4.78, 5) is 25.3. The lowest BCUT2D eigenvalue weighted by molar-refractivity contribution is 0.0609. The maximum Gasteiger partial charge on any atom is 0.289 e. The molecule has 25 heavy (non-hydrogen) atoms. The van der Waals surface area contributed by atoms with E-state index >= 15 is 0 Å². The molecule has 0 unspecified atom stereocenters. The molecule has 2 aliphatic rings. The summed E-state index contributed by atoms with van der Waals surface area (Å²) in [6.45, 7) is 2.95. The van der Waals surface area contributed by atoms with Gasteiger partial charge in [0, 0.05) is 18.7 Å². The number of carbonyl (C=O) groups is 1. The van der Waals surface area contributed by atoms with E-state index < -0.39 is 0 Å². The van der Waals surface area contributed by atoms with Crippen LogP contribution in [0.4, 0.5) is 5.82 Å². The Bertz CT molecular complexity index is 758. The van der Waals surface area contributed by atoms with E-state index in [-0.39, 0.29) is 18.0 Å². The Balaban J connectivity index is 1.45. The number of aromatic nitrogens is 3. The molecule has 1 amide bonds. The highest BCUT2D eigenvalue weighted by atomic mass is 16.5. The minimum absolute atomic E-state index is 0.0701. The zero-order valence-corrected chi connectivity index (χ0v) is 14.1. The molecule has 0 bridgehead atoms. The Morgan fingerprint density at radius 3 is 2.92 bits per heavy atom. The van der Waals surface area contributed by atoms with Gasteiger partial charge in [-0.3, -0.25) is 4.79 Å². The average molecular weight is 343 g/mol. The van der Waals surface area contributed by atoms with Crippen LogP contribution in [0.3, 0.4) is 0 Å². The molecule has 4 rings (SSSR count). The van der Waals surface area contributed by atoms with Crippen LogP contribution in [0.25, 0.3) is 0 Å². The van der Waals surface area contributed by atoms with E-state index in [9.17, 15) is 4.79 Å². The van der Waals surface area contributed by atoms with Crippen LogP contribution < -0.4 is 10.6 Å². The molecule has 132 valence electrons. The Morgan fingerprint density at radius 1 is 1.24 bits per heavy atom. The van der Waals surface area contributed by atoms with Crippen molar-refractivity contribution in [3.8, 4) is 0 Å². The standard InChI is InChI=1S/C17H21N5O3/c1-10-18-6-4-14(20-10)21-13-8-24-7-5-12(13)22-17(23)16-15(11-2-3-11)19-9-25-16/h4,6,9,11-13H,2-3,5,7-8H2,1H3,(H,22,23)(H,18,20,21)/t12-,13+/m0/s1. The predicted octanol–water partition coefficient (Wildman–Crippen LogP) is 1.65. The molecular formula is C17H21N5O3. The van der Waals surface area contributed by atoms with Crippen LogP contribution in [0.2, 0.25) is 0 Å². The van der Waals surface area contributed by atoms with Gasteiger partial charge in [-0.25, -0.2) is 15.0 Å². The Kier molecular flexibility index (Phi) is 4.35. The van der Waals surface area contributed by atoms with E-state index in [0.29, 0.717) is 30.7 Å². The number of anilines is 1. The van der Waals surface area contributed by atoms with Crippen LogP contribution in [0.15, 0.2) is 23.1 Å². The zero-order chi connectivity index (χ0) is 17.2. The number of nitrogens with one attached hydrogen (secondary N) is 2. The van der Waals surface area contributed by atoms with Crippen molar-refractivity contribution < 1.29 is 13.9 Å². The second-order valence-corrected chi connectivity index (χ2v) is 6.52. The molecule has 2 aromatic rings. The van der Waals surface area contributed by atoms with Gasteiger partial charge in [0.15, 0.2) is 6.39 Å². The number of rotatable bonds is 5. The monoisotopic (exact) mass is 343 g/mol. The van der Waals surface area contributed by atoms with Crippen LogP contribution >= 0.6 is 0 Å². The van der Waals surface area contributed by atoms with Gasteiger partial charge >= 0.3 is 0 Å². The second kappa shape index (κ2) is 6.79. The third kappa shape index (κ3) is 3.63. The lowest BCUT2D eigenvalue weighted by Crippen LogP contribution is -2.52. The molecule has 8 heteroatoms. The molecule has 2 fully saturated rings. The molecule has 1 saturated heterocycles. The number of amides is 1. The highest BCUT2D eigenvalue weighted by Crippen LogP contribution is 2.40. The molecule has 1 saturated carbocycles. The first-order valence-corrected chi connectivity index (χ1v) is 8.59. The van der Waals surface area contributed by atoms with Gasteiger partial charge in [-0.2, -0.15) is 0 Å². The Morgan fingerprint density at radius 2 is 2.12 bits per heavy atom. The van der Waals surface area contributed by atoms with Crippen molar-refractivity contribution in [1.29, 1.82) is 0 Å². The predicted molar refractivity (Wildman–Crippen MR) is 89.3 cm³/mol. The van der Waals surface area contributed by atoms with Crippen LogP contribution in [0.5, 0.6) is 0 Å². The fraction of sp³-hybridized carbons (Fsp3) is 0.529. The van der Waals surface area contributed by atoms with Crippen molar-refractivity contribution in [2.75, 3.05) is 18.5 Å². The van der Waals surface area contributed by atoms with Gasteiger partial charge in [-0.1, -0.05) is 0 Å². The summed E-state index contributed by atoms with van der Waals surface area (Å²) in [5.74, 6) is 1.91. The molecule has 0 radical (unpaired) electrons. The SMILES string of the molecule is Cc1nccc(N[C@@H]2COCC[C@@H]2NC(=O)c2ocnc2C2CC2)n1. The summed E-state index contributed by atoms with van der Waals surface area (Å²) in [5, 5.41) is 6.41. The number of carbonyl (C=O) groups excluding carboxylic acids is 1. The third-order valence-corrected chi connectivity index (χ3v) is 4.55. The Labute approximate surface area is 145 Å². The van der Waals surface area contributed by atoms with Gasteiger partial charge in [0.1, 0.15) is 11.6 Å². The van der Waals surface area contributed by atoms with Crippen LogP contribution in [0.1, 0.15) is 47.3 Å². The van der Waals surface area contributed by atoms with Crippen molar-refractivity contribution in [2.45, 2.75) is 44.2 Å². The number of ether oxygens (including phenoxy) is 1. The smallest absolute Gasteiger partial charge is 0.289 e. The summed E-state index contributed by atoms with van der Waals surface area (Å²) in [6, 6.07) is 1.66. The van der Waals surface area contributed by atoms with Gasteiger partial charge < -0.3 is 19.8 Å². The molecule has 2 atom stereocenters. The van der Waals surface area contributed by atoms with Crippen molar-refractivity contribution in [1.82, 2.24) is 20.3 Å². The quantitative estimate of drug-likeness (QED) is 0.851. The topological polar surface area (TPSA) is 102 Å². The van der Waals surface area contributed by atoms with Gasteiger partial charge in [0.05, 0.1) is 24.4 Å². The van der Waals surface area contributed by atoms with Crippen molar-refractivity contribution in [2.24, 2.45) is 0 Å².